The maximum absolute atomic E-state index is 13.8. The van der Waals surface area contributed by atoms with E-state index in [2.05, 4.69) is 20.5 Å². The molecule has 5 rings (SSSR count). The lowest BCUT2D eigenvalue weighted by atomic mass is 9.98. The smallest absolute Gasteiger partial charge is 0.348 e. The van der Waals surface area contributed by atoms with Gasteiger partial charge in [-0.2, -0.15) is 5.10 Å². The minimum atomic E-state index is -1.54. The molecule has 1 atom stereocenters. The Labute approximate surface area is 225 Å². The number of anilines is 1. The number of hydrogen-bond donors (Lipinski definition) is 6. The summed E-state index contributed by atoms with van der Waals surface area (Å²) in [5.74, 6) is -0.837. The number of aliphatic hydroxyl groups is 1. The first-order valence-corrected chi connectivity index (χ1v) is 12.4. The summed E-state index contributed by atoms with van der Waals surface area (Å²) >= 11 is 0. The van der Waals surface area contributed by atoms with Crippen LogP contribution in [0.2, 0.25) is 0 Å². The standard InChI is InChI=1S/C27H27FN6O6/c1-14(2)17-10-18(23(36)12-22(17)35)25-31-32-26(38)34(25)16-3-4-21-15(9-16)5-6-33(21)7-8-40-27(39)30-20-11-24(37)29-13-19(20)28/h3-6,9-14,27,35-36,39H,7-8H2,1-2H3,(H,32,38)(H2,29,30,37). The third kappa shape index (κ3) is 5.19. The monoisotopic (exact) mass is 550 g/mol. The van der Waals surface area contributed by atoms with E-state index >= 15 is 0 Å². The zero-order chi connectivity index (χ0) is 28.6. The first-order valence-electron chi connectivity index (χ1n) is 12.4. The van der Waals surface area contributed by atoms with E-state index in [0.717, 1.165) is 23.2 Å². The van der Waals surface area contributed by atoms with E-state index < -0.39 is 23.5 Å². The maximum atomic E-state index is 13.8. The van der Waals surface area contributed by atoms with Gasteiger partial charge in [0.1, 0.15) is 11.5 Å². The van der Waals surface area contributed by atoms with Crippen LogP contribution in [-0.4, -0.2) is 52.7 Å². The molecule has 3 heterocycles. The fraction of sp³-hybridized carbons (Fsp3) is 0.222. The molecule has 0 spiro atoms. The molecule has 0 radical (unpaired) electrons. The number of aromatic amines is 2. The van der Waals surface area contributed by atoms with Crippen molar-refractivity contribution < 1.29 is 24.4 Å². The number of aromatic nitrogens is 5. The summed E-state index contributed by atoms with van der Waals surface area (Å²) in [5.41, 5.74) is 1.01. The Bertz CT molecular complexity index is 1800. The zero-order valence-corrected chi connectivity index (χ0v) is 21.6. The van der Waals surface area contributed by atoms with Gasteiger partial charge in [0.25, 0.3) is 0 Å². The molecule has 208 valence electrons. The van der Waals surface area contributed by atoms with Crippen LogP contribution < -0.4 is 16.6 Å². The van der Waals surface area contributed by atoms with Crippen molar-refractivity contribution in [2.24, 2.45) is 0 Å². The van der Waals surface area contributed by atoms with Crippen LogP contribution in [0.1, 0.15) is 25.3 Å². The van der Waals surface area contributed by atoms with Gasteiger partial charge in [-0.25, -0.2) is 18.9 Å². The molecule has 0 fully saturated rings. The highest BCUT2D eigenvalue weighted by molar-refractivity contribution is 5.83. The number of halogens is 1. The number of benzene rings is 2. The normalized spacial score (nSPS) is 12.3. The van der Waals surface area contributed by atoms with E-state index in [-0.39, 0.29) is 35.5 Å². The molecule has 2 aromatic carbocycles. The molecule has 0 saturated heterocycles. The van der Waals surface area contributed by atoms with Gasteiger partial charge in [-0.3, -0.25) is 4.79 Å². The number of hydrogen-bond acceptors (Lipinski definition) is 8. The molecule has 1 unspecified atom stereocenters. The van der Waals surface area contributed by atoms with Crippen LogP contribution in [0, 0.1) is 5.82 Å². The van der Waals surface area contributed by atoms with E-state index in [9.17, 15) is 29.3 Å². The second kappa shape index (κ2) is 10.7. The van der Waals surface area contributed by atoms with E-state index in [4.69, 9.17) is 4.74 Å². The third-order valence-corrected chi connectivity index (χ3v) is 6.45. The number of nitrogens with one attached hydrogen (secondary N) is 3. The third-order valence-electron chi connectivity index (χ3n) is 6.45. The second-order valence-electron chi connectivity index (χ2n) is 9.45. The summed E-state index contributed by atoms with van der Waals surface area (Å²) in [4.78, 5) is 26.3. The lowest BCUT2D eigenvalue weighted by Gasteiger charge is -2.15. The lowest BCUT2D eigenvalue weighted by Crippen LogP contribution is -2.25. The highest BCUT2D eigenvalue weighted by Crippen LogP contribution is 2.37. The van der Waals surface area contributed by atoms with Crippen molar-refractivity contribution in [3.8, 4) is 28.6 Å². The van der Waals surface area contributed by atoms with Crippen molar-refractivity contribution in [1.82, 2.24) is 24.3 Å². The number of phenolic OH excluding ortho intramolecular Hbond substituents is 2. The first-order chi connectivity index (χ1) is 19.1. The first kappa shape index (κ1) is 26.7. The number of nitrogens with zero attached hydrogens (tertiary/aromatic N) is 3. The number of ether oxygens (including phenoxy) is 1. The van der Waals surface area contributed by atoms with Gasteiger partial charge in [0, 0.05) is 42.0 Å². The maximum Gasteiger partial charge on any atom is 0.348 e. The molecule has 0 bridgehead atoms. The summed E-state index contributed by atoms with van der Waals surface area (Å²) in [6.07, 6.45) is 1.16. The van der Waals surface area contributed by atoms with Crippen LogP contribution in [-0.2, 0) is 11.3 Å². The molecule has 3 aromatic heterocycles. The quantitative estimate of drug-likeness (QED) is 0.152. The number of H-pyrrole nitrogens is 2. The van der Waals surface area contributed by atoms with Crippen LogP contribution in [0.15, 0.2) is 64.4 Å². The molecule has 0 aliphatic heterocycles. The summed E-state index contributed by atoms with van der Waals surface area (Å²) in [6.45, 7) is 4.21. The largest absolute Gasteiger partial charge is 0.508 e. The highest BCUT2D eigenvalue weighted by atomic mass is 19.1. The average Bonchev–Trinajstić information content (AvgIpc) is 3.48. The number of pyridine rings is 1. The fourth-order valence-corrected chi connectivity index (χ4v) is 4.48. The zero-order valence-electron chi connectivity index (χ0n) is 21.6. The summed E-state index contributed by atoms with van der Waals surface area (Å²) in [5, 5.41) is 40.5. The van der Waals surface area contributed by atoms with Gasteiger partial charge in [0.2, 0.25) is 12.0 Å². The molecule has 5 aromatic rings. The van der Waals surface area contributed by atoms with Gasteiger partial charge >= 0.3 is 5.69 Å². The Hall–Kier alpha value is -4.88. The van der Waals surface area contributed by atoms with Crippen molar-refractivity contribution in [3.05, 3.63) is 87.1 Å². The molecule has 12 nitrogen and oxygen atoms in total. The van der Waals surface area contributed by atoms with Gasteiger partial charge in [-0.1, -0.05) is 13.8 Å². The number of rotatable bonds is 9. The van der Waals surface area contributed by atoms with Crippen LogP contribution in [0.5, 0.6) is 11.5 Å². The average molecular weight is 551 g/mol. The van der Waals surface area contributed by atoms with E-state index in [1.807, 2.05) is 36.7 Å². The Morgan fingerprint density at radius 3 is 2.67 bits per heavy atom. The molecule has 0 aliphatic carbocycles. The SMILES string of the molecule is CC(C)c1cc(-c2n[nH]c(=O)n2-c2ccc3c(ccn3CCOC(O)Nc3cc(=O)[nH]cc3F)c2)c(O)cc1O. The summed E-state index contributed by atoms with van der Waals surface area (Å²) in [6, 6.07) is 11.0. The second-order valence-corrected chi connectivity index (χ2v) is 9.45. The van der Waals surface area contributed by atoms with E-state index in [1.165, 1.54) is 10.6 Å². The summed E-state index contributed by atoms with van der Waals surface area (Å²) < 4.78 is 22.3. The number of aromatic hydroxyl groups is 2. The van der Waals surface area contributed by atoms with Crippen LogP contribution in [0.3, 0.4) is 0 Å². The van der Waals surface area contributed by atoms with E-state index in [0.29, 0.717) is 23.4 Å². The molecule has 6 N–H and O–H groups in total. The fourth-order valence-electron chi connectivity index (χ4n) is 4.48. The summed E-state index contributed by atoms with van der Waals surface area (Å²) in [7, 11) is 0. The Morgan fingerprint density at radius 1 is 1.10 bits per heavy atom. The van der Waals surface area contributed by atoms with Crippen LogP contribution >= 0.6 is 0 Å². The van der Waals surface area contributed by atoms with Gasteiger partial charge in [0.15, 0.2) is 11.6 Å². The van der Waals surface area contributed by atoms with Gasteiger partial charge in [-0.15, -0.1) is 0 Å². The van der Waals surface area contributed by atoms with Crippen molar-refractivity contribution in [2.75, 3.05) is 11.9 Å². The van der Waals surface area contributed by atoms with Crippen LogP contribution in [0.25, 0.3) is 28.0 Å². The molecule has 0 aliphatic rings. The van der Waals surface area contributed by atoms with Crippen molar-refractivity contribution in [3.63, 3.8) is 0 Å². The predicted molar refractivity (Wildman–Crippen MR) is 145 cm³/mol. The predicted octanol–water partition coefficient (Wildman–Crippen LogP) is 2.95. The van der Waals surface area contributed by atoms with Crippen molar-refractivity contribution in [2.45, 2.75) is 32.7 Å². The molecule has 0 amide bonds. The van der Waals surface area contributed by atoms with Gasteiger partial charge in [0.05, 0.1) is 23.5 Å². The molecule has 0 saturated carbocycles. The lowest BCUT2D eigenvalue weighted by molar-refractivity contribution is -0.0803. The Balaban J connectivity index is 1.35. The van der Waals surface area contributed by atoms with Crippen LogP contribution in [0.4, 0.5) is 10.1 Å². The topological polar surface area (TPSA) is 170 Å². The minimum Gasteiger partial charge on any atom is -0.508 e. The van der Waals surface area contributed by atoms with Gasteiger partial charge in [-0.05, 0) is 41.8 Å². The molecule has 13 heteroatoms. The van der Waals surface area contributed by atoms with E-state index in [1.54, 1.807) is 18.2 Å². The molecule has 40 heavy (non-hydrogen) atoms. The number of fused-ring (bicyclic) bond motifs is 1. The Kier molecular flexibility index (Phi) is 7.15. The highest BCUT2D eigenvalue weighted by Gasteiger charge is 2.20. The Morgan fingerprint density at radius 2 is 1.90 bits per heavy atom. The van der Waals surface area contributed by atoms with Gasteiger partial charge < -0.3 is 34.9 Å². The van der Waals surface area contributed by atoms with Crippen molar-refractivity contribution >= 4 is 16.6 Å². The molecular formula is C27H27FN6O6. The number of aliphatic hydroxyl groups excluding tert-OH is 1. The minimum absolute atomic E-state index is 0.0284. The van der Waals surface area contributed by atoms with Crippen molar-refractivity contribution in [1.29, 1.82) is 0 Å². The number of phenols is 2. The molecular weight excluding hydrogens is 523 g/mol.